The number of cyclic esters (lactones) is 1. The van der Waals surface area contributed by atoms with Crippen LogP contribution >= 0.6 is 11.3 Å². The first kappa shape index (κ1) is 51.7. The van der Waals surface area contributed by atoms with Crippen molar-refractivity contribution in [2.45, 2.75) is 116 Å². The summed E-state index contributed by atoms with van der Waals surface area (Å²) in [5, 5.41) is 8.19. The van der Waals surface area contributed by atoms with Crippen LogP contribution in [0, 0.1) is 11.3 Å². The molecule has 3 saturated heterocycles. The number of fused-ring (bicyclic) bond motifs is 6. The minimum absolute atomic E-state index is 0.0810. The number of likely N-dealkylation sites (N-methyl/N-ethyl adjacent to an activating group) is 2. The van der Waals surface area contributed by atoms with Gasteiger partial charge in [0, 0.05) is 111 Å². The van der Waals surface area contributed by atoms with Gasteiger partial charge < -0.3 is 34.1 Å². The molecule has 0 unspecified atom stereocenters. The third kappa shape index (κ3) is 10.5. The summed E-state index contributed by atoms with van der Waals surface area (Å²) >= 11 is 1.42. The highest BCUT2D eigenvalue weighted by Gasteiger charge is 2.45. The second-order valence-electron chi connectivity index (χ2n) is 21.0. The molecule has 71 heavy (non-hydrogen) atoms. The van der Waals surface area contributed by atoms with Gasteiger partial charge in [0.1, 0.15) is 18.1 Å². The predicted molar refractivity (Wildman–Crippen MR) is 274 cm³/mol. The van der Waals surface area contributed by atoms with E-state index in [1.165, 1.54) is 27.3 Å². The van der Waals surface area contributed by atoms with Gasteiger partial charge in [-0.1, -0.05) is 40.3 Å². The summed E-state index contributed by atoms with van der Waals surface area (Å²) in [6.45, 7) is 19.8. The van der Waals surface area contributed by atoms with Crippen molar-refractivity contribution in [3.63, 3.8) is 0 Å². The number of carbonyl (C=O) groups is 5. The molecule has 5 amide bonds. The molecule has 0 radical (unpaired) electrons. The van der Waals surface area contributed by atoms with Crippen LogP contribution in [0.2, 0.25) is 0 Å². The van der Waals surface area contributed by atoms with Gasteiger partial charge in [0.15, 0.2) is 0 Å². The maximum absolute atomic E-state index is 14.8. The molecule has 382 valence electrons. The molecule has 3 fully saturated rings. The van der Waals surface area contributed by atoms with E-state index < -0.39 is 41.3 Å². The summed E-state index contributed by atoms with van der Waals surface area (Å²) in [7, 11) is 5.41. The Morgan fingerprint density at radius 1 is 1.08 bits per heavy atom. The number of carbonyl (C=O) groups excluding carboxylic acids is 5. The number of amides is 5. The highest BCUT2D eigenvalue weighted by atomic mass is 32.1. The topological polar surface area (TPSA) is 175 Å². The Hall–Kier alpha value is -5.69. The number of hydrogen-bond donors (Lipinski definition) is 2. The van der Waals surface area contributed by atoms with E-state index in [0.717, 1.165) is 51.2 Å². The van der Waals surface area contributed by atoms with Gasteiger partial charge in [0.05, 0.1) is 34.8 Å². The number of aryl methyl sites for hydroxylation is 1. The summed E-state index contributed by atoms with van der Waals surface area (Å²) in [6.07, 6.45) is 5.90. The monoisotopic (exact) mass is 993 g/mol. The van der Waals surface area contributed by atoms with Crippen LogP contribution in [0.4, 0.5) is 4.79 Å². The van der Waals surface area contributed by atoms with E-state index in [0.29, 0.717) is 76.4 Å². The Bertz CT molecular complexity index is 2650. The standard InChI is InChI=1S/C53H72N10O7S/c1-11-44(64)61-26-25-58(8)53(31-61)19-23-60(24-20-53)51(68)59(9)46(33(3)4)48(65)56-40-28-43-55-41(30-71-43)35-17-18-42-37(27-35)38(47(62(42)12-2)36-15-13-21-54-45(36)34(5)69-10)29-52(6,7)32-70-50(67)39-16-14-22-63(57-39)49(40)66/h11,13,15,17-18,21,27,30,33-34,39-40,46,57H,1,12,14,16,19-20,22-26,28-29,31-32H2,2-10H3,(H,56,65)/t34-,39-,40-,46-/m0/s1. The first-order valence-corrected chi connectivity index (χ1v) is 26.0. The molecule has 7 heterocycles. The van der Waals surface area contributed by atoms with Crippen LogP contribution in [0.1, 0.15) is 89.6 Å². The van der Waals surface area contributed by atoms with Crippen molar-refractivity contribution in [3.05, 3.63) is 70.8 Å². The van der Waals surface area contributed by atoms with E-state index in [9.17, 15) is 24.0 Å². The van der Waals surface area contributed by atoms with Crippen molar-refractivity contribution >= 4 is 52.0 Å². The summed E-state index contributed by atoms with van der Waals surface area (Å²) < 4.78 is 14.3. The van der Waals surface area contributed by atoms with Crippen LogP contribution in [-0.4, -0.2) is 160 Å². The van der Waals surface area contributed by atoms with E-state index in [-0.39, 0.29) is 42.5 Å². The van der Waals surface area contributed by atoms with Crippen LogP contribution in [0.3, 0.4) is 0 Å². The smallest absolute Gasteiger partial charge is 0.324 e. The molecule has 6 bridgehead atoms. The predicted octanol–water partition coefficient (Wildman–Crippen LogP) is 6.07. The molecular formula is C53H72N10O7S. The molecular weight excluding hydrogens is 921 g/mol. The maximum Gasteiger partial charge on any atom is 0.324 e. The number of ether oxygens (including phenoxy) is 2. The fraction of sp³-hybridized carbons (Fsp3) is 0.566. The molecule has 4 aliphatic rings. The number of thiazole rings is 1. The number of pyridine rings is 1. The molecule has 1 aromatic carbocycles. The fourth-order valence-electron chi connectivity index (χ4n) is 11.1. The van der Waals surface area contributed by atoms with Crippen LogP contribution in [0.25, 0.3) is 33.4 Å². The van der Waals surface area contributed by atoms with Crippen molar-refractivity contribution in [2.24, 2.45) is 11.3 Å². The second kappa shape index (κ2) is 21.2. The van der Waals surface area contributed by atoms with Gasteiger partial charge >= 0.3 is 12.0 Å². The van der Waals surface area contributed by atoms with Crippen molar-refractivity contribution in [3.8, 4) is 22.5 Å². The number of likely N-dealkylation sites (tertiary alicyclic amines) is 1. The number of rotatable bonds is 9. The quantitative estimate of drug-likeness (QED) is 0.147. The highest BCUT2D eigenvalue weighted by molar-refractivity contribution is 7.10. The number of urea groups is 1. The lowest BCUT2D eigenvalue weighted by molar-refractivity contribution is -0.155. The number of piperidine rings is 1. The van der Waals surface area contributed by atoms with Crippen molar-refractivity contribution in [1.29, 1.82) is 0 Å². The lowest BCUT2D eigenvalue weighted by Crippen LogP contribution is -2.66. The summed E-state index contributed by atoms with van der Waals surface area (Å²) in [6, 6.07) is 7.38. The molecule has 18 heteroatoms. The molecule has 17 nitrogen and oxygen atoms in total. The van der Waals surface area contributed by atoms with Gasteiger partial charge in [-0.3, -0.25) is 34.1 Å². The van der Waals surface area contributed by atoms with Gasteiger partial charge in [-0.25, -0.2) is 15.2 Å². The van der Waals surface area contributed by atoms with Gasteiger partial charge in [0.2, 0.25) is 11.8 Å². The molecule has 8 rings (SSSR count). The largest absolute Gasteiger partial charge is 0.464 e. The van der Waals surface area contributed by atoms with Crippen molar-refractivity contribution in [1.82, 2.24) is 49.9 Å². The molecule has 1 spiro atoms. The Kier molecular flexibility index (Phi) is 15.4. The molecule has 4 aromatic rings. The van der Waals surface area contributed by atoms with E-state index in [4.69, 9.17) is 19.4 Å². The molecule has 2 N–H and O–H groups in total. The summed E-state index contributed by atoms with van der Waals surface area (Å²) in [5.41, 5.74) is 9.04. The minimum Gasteiger partial charge on any atom is -0.464 e. The molecule has 4 aliphatic heterocycles. The number of nitrogens with zero attached hydrogens (tertiary/aromatic N) is 8. The molecule has 4 atom stereocenters. The number of benzene rings is 1. The molecule has 0 aliphatic carbocycles. The minimum atomic E-state index is -1.08. The van der Waals surface area contributed by atoms with Crippen LogP contribution < -0.4 is 10.7 Å². The average molecular weight is 993 g/mol. The Labute approximate surface area is 421 Å². The zero-order valence-electron chi connectivity index (χ0n) is 43.0. The van der Waals surface area contributed by atoms with E-state index in [1.54, 1.807) is 25.3 Å². The lowest BCUT2D eigenvalue weighted by Gasteiger charge is -2.53. The van der Waals surface area contributed by atoms with Gasteiger partial charge in [-0.15, -0.1) is 11.3 Å². The lowest BCUT2D eigenvalue weighted by atomic mass is 9.83. The Morgan fingerprint density at radius 2 is 1.85 bits per heavy atom. The second-order valence-corrected chi connectivity index (χ2v) is 21.9. The van der Waals surface area contributed by atoms with Gasteiger partial charge in [0.25, 0.3) is 5.91 Å². The summed E-state index contributed by atoms with van der Waals surface area (Å²) in [5.74, 6) is -1.73. The summed E-state index contributed by atoms with van der Waals surface area (Å²) in [4.78, 5) is 87.6. The number of methoxy groups -OCH3 is 1. The number of aromatic nitrogens is 3. The number of esters is 1. The van der Waals surface area contributed by atoms with E-state index in [1.807, 2.05) is 37.1 Å². The zero-order valence-corrected chi connectivity index (χ0v) is 43.8. The highest BCUT2D eigenvalue weighted by Crippen LogP contribution is 2.42. The van der Waals surface area contributed by atoms with Crippen molar-refractivity contribution in [2.75, 3.05) is 67.1 Å². The number of hydrogen-bond acceptors (Lipinski definition) is 12. The average Bonchev–Trinajstić information content (AvgIpc) is 3.96. The zero-order chi connectivity index (χ0) is 50.9. The van der Waals surface area contributed by atoms with Gasteiger partial charge in [-0.05, 0) is 94.8 Å². The third-order valence-corrected chi connectivity index (χ3v) is 16.1. The van der Waals surface area contributed by atoms with Crippen LogP contribution in [-0.2, 0) is 48.0 Å². The van der Waals surface area contributed by atoms with Crippen LogP contribution in [0.5, 0.6) is 0 Å². The third-order valence-electron chi connectivity index (χ3n) is 15.2. The normalized spacial score (nSPS) is 21.7. The molecule has 0 saturated carbocycles. The first-order chi connectivity index (χ1) is 33.9. The van der Waals surface area contributed by atoms with Crippen molar-refractivity contribution < 1.29 is 33.4 Å². The Morgan fingerprint density at radius 3 is 2.55 bits per heavy atom. The van der Waals surface area contributed by atoms with Gasteiger partial charge in [-0.2, -0.15) is 0 Å². The SMILES string of the molecule is C=CC(=O)N1CCN(C)C2(CCN(C(=O)N(C)[C@H](C(=O)N[C@H]3Cc4nc(cs4)-c4ccc5c(c4)c(c(-c4cccnc4[C@H](C)OC)n5CC)CC(C)(C)COC(=O)[C@@H]4CCCN(N4)C3=O)C(C)C)CC2)C1. The Balaban J connectivity index is 1.10. The number of hydrazine groups is 1. The van der Waals surface area contributed by atoms with Crippen LogP contribution in [0.15, 0.2) is 54.6 Å². The van der Waals surface area contributed by atoms with E-state index in [2.05, 4.69) is 78.9 Å². The number of piperazine rings is 1. The molecule has 3 aromatic heterocycles. The number of nitrogens with one attached hydrogen (secondary N) is 2. The maximum atomic E-state index is 14.8. The first-order valence-electron chi connectivity index (χ1n) is 25.2. The van der Waals surface area contributed by atoms with E-state index >= 15 is 0 Å². The fourth-order valence-corrected chi connectivity index (χ4v) is 12.0.